The first kappa shape index (κ1) is 10.6. The van der Waals surface area contributed by atoms with Crippen molar-refractivity contribution < 1.29 is 15.3 Å². The van der Waals surface area contributed by atoms with Crippen LogP contribution in [0.5, 0.6) is 0 Å². The predicted octanol–water partition coefficient (Wildman–Crippen LogP) is -0.660. The Balaban J connectivity index is 2.82. The van der Waals surface area contributed by atoms with Crippen molar-refractivity contribution in [2.45, 2.75) is 12.2 Å². The topological polar surface area (TPSA) is 97.4 Å². The van der Waals surface area contributed by atoms with Crippen LogP contribution in [0.3, 0.4) is 0 Å². The molecule has 1 aromatic rings. The lowest BCUT2D eigenvalue weighted by atomic mass is 10.1. The second kappa shape index (κ2) is 4.67. The van der Waals surface area contributed by atoms with Crippen LogP contribution in [-0.4, -0.2) is 33.0 Å². The van der Waals surface area contributed by atoms with E-state index >= 15 is 0 Å². The molecule has 0 bridgehead atoms. The Morgan fingerprint density at radius 3 is 2.57 bits per heavy atom. The Hall–Kier alpha value is -1.48. The summed E-state index contributed by atoms with van der Waals surface area (Å²) < 4.78 is 0. The summed E-state index contributed by atoms with van der Waals surface area (Å²) in [5.41, 5.74) is 0.602. The Labute approximate surface area is 80.9 Å². The van der Waals surface area contributed by atoms with E-state index in [4.69, 9.17) is 15.5 Å². The predicted molar refractivity (Wildman–Crippen MR) is 47.0 cm³/mol. The Kier molecular flexibility index (Phi) is 3.54. The lowest BCUT2D eigenvalue weighted by Crippen LogP contribution is -2.22. The van der Waals surface area contributed by atoms with E-state index in [1.165, 1.54) is 18.3 Å². The van der Waals surface area contributed by atoms with Gasteiger partial charge in [0.2, 0.25) is 0 Å². The normalized spacial score (nSPS) is 14.4. The molecule has 0 aromatic carbocycles. The molecule has 1 aromatic heterocycles. The third-order valence-electron chi connectivity index (χ3n) is 1.79. The second-order valence-electron chi connectivity index (χ2n) is 2.78. The number of hydrogen-bond donors (Lipinski definition) is 3. The van der Waals surface area contributed by atoms with Crippen LogP contribution in [0.15, 0.2) is 18.3 Å². The van der Waals surface area contributed by atoms with Crippen molar-refractivity contribution in [1.82, 2.24) is 4.98 Å². The monoisotopic (exact) mass is 194 g/mol. The highest BCUT2D eigenvalue weighted by atomic mass is 16.4. The second-order valence-corrected chi connectivity index (χ2v) is 2.78. The van der Waals surface area contributed by atoms with Gasteiger partial charge in [-0.15, -0.1) is 0 Å². The number of aromatic nitrogens is 1. The van der Waals surface area contributed by atoms with Gasteiger partial charge in [-0.25, -0.2) is 4.98 Å². The molecule has 2 atom stereocenters. The average Bonchev–Trinajstić information content (AvgIpc) is 2.27. The fourth-order valence-electron chi connectivity index (χ4n) is 0.968. The van der Waals surface area contributed by atoms with Crippen LogP contribution in [0, 0.1) is 11.3 Å². The molecule has 0 amide bonds. The molecule has 0 saturated heterocycles. The number of pyridine rings is 1. The molecule has 0 radical (unpaired) electrons. The summed E-state index contributed by atoms with van der Waals surface area (Å²) in [6.45, 7) is -0.527. The molecule has 0 aliphatic carbocycles. The van der Waals surface area contributed by atoms with Gasteiger partial charge in [0.25, 0.3) is 0 Å². The zero-order valence-electron chi connectivity index (χ0n) is 7.33. The summed E-state index contributed by atoms with van der Waals surface area (Å²) in [4.78, 5) is 3.72. The maximum absolute atomic E-state index is 9.42. The molecule has 1 heterocycles. The van der Waals surface area contributed by atoms with E-state index in [1.54, 1.807) is 0 Å². The van der Waals surface area contributed by atoms with Crippen LogP contribution in [-0.2, 0) is 0 Å². The van der Waals surface area contributed by atoms with Crippen LogP contribution in [0.2, 0.25) is 0 Å². The number of aliphatic hydroxyl groups excluding tert-OH is 3. The smallest absolute Gasteiger partial charge is 0.140 e. The largest absolute Gasteiger partial charge is 0.394 e. The van der Waals surface area contributed by atoms with Gasteiger partial charge in [-0.05, 0) is 6.07 Å². The van der Waals surface area contributed by atoms with Crippen LogP contribution in [0.1, 0.15) is 17.4 Å². The average molecular weight is 194 g/mol. The van der Waals surface area contributed by atoms with Gasteiger partial charge in [-0.3, -0.25) is 0 Å². The summed E-state index contributed by atoms with van der Waals surface area (Å²) >= 11 is 0. The van der Waals surface area contributed by atoms with Crippen LogP contribution in [0.25, 0.3) is 0 Å². The molecule has 0 aliphatic rings. The van der Waals surface area contributed by atoms with Gasteiger partial charge in [-0.2, -0.15) is 5.26 Å². The van der Waals surface area contributed by atoms with Gasteiger partial charge in [-0.1, -0.05) is 6.07 Å². The number of rotatable bonds is 3. The quantitative estimate of drug-likeness (QED) is 0.593. The third kappa shape index (κ3) is 2.26. The molecule has 1 rings (SSSR count). The van der Waals surface area contributed by atoms with Gasteiger partial charge >= 0.3 is 0 Å². The summed E-state index contributed by atoms with van der Waals surface area (Å²) in [6.07, 6.45) is -1.12. The van der Waals surface area contributed by atoms with Gasteiger partial charge < -0.3 is 15.3 Å². The van der Waals surface area contributed by atoms with Gasteiger partial charge in [0, 0.05) is 11.8 Å². The fourth-order valence-corrected chi connectivity index (χ4v) is 0.968. The van der Waals surface area contributed by atoms with Crippen molar-refractivity contribution in [2.75, 3.05) is 6.61 Å². The van der Waals surface area contributed by atoms with E-state index in [0.29, 0.717) is 5.56 Å². The fraction of sp³-hybridized carbons (Fsp3) is 0.333. The molecule has 74 valence electrons. The first-order valence-corrected chi connectivity index (χ1v) is 4.02. The lowest BCUT2D eigenvalue weighted by Gasteiger charge is -2.14. The van der Waals surface area contributed by atoms with Crippen molar-refractivity contribution in [3.63, 3.8) is 0 Å². The molecule has 0 spiro atoms. The molecule has 0 fully saturated rings. The van der Waals surface area contributed by atoms with Crippen molar-refractivity contribution in [1.29, 1.82) is 5.26 Å². The van der Waals surface area contributed by atoms with E-state index in [-0.39, 0.29) is 5.69 Å². The minimum Gasteiger partial charge on any atom is -0.394 e. The standard InChI is InChI=1S/C9H10N2O3/c10-3-7-2-1-6(4-11-7)9(14)8(13)5-12/h1-2,4,8-9,12-14H,5H2. The van der Waals surface area contributed by atoms with Crippen LogP contribution < -0.4 is 0 Å². The summed E-state index contributed by atoms with van der Waals surface area (Å²) in [6, 6.07) is 4.75. The number of hydrogen-bond acceptors (Lipinski definition) is 5. The van der Waals surface area contributed by atoms with E-state index in [1.807, 2.05) is 6.07 Å². The molecule has 3 N–H and O–H groups in total. The zero-order valence-corrected chi connectivity index (χ0v) is 7.33. The molecule has 5 nitrogen and oxygen atoms in total. The van der Waals surface area contributed by atoms with Crippen LogP contribution >= 0.6 is 0 Å². The summed E-state index contributed by atoms with van der Waals surface area (Å²) in [7, 11) is 0. The van der Waals surface area contributed by atoms with Gasteiger partial charge in [0.15, 0.2) is 0 Å². The summed E-state index contributed by atoms with van der Waals surface area (Å²) in [5.74, 6) is 0. The molecule has 14 heavy (non-hydrogen) atoms. The van der Waals surface area contributed by atoms with Gasteiger partial charge in [0.1, 0.15) is 24.0 Å². The van der Waals surface area contributed by atoms with E-state index in [0.717, 1.165) is 0 Å². The SMILES string of the molecule is N#Cc1ccc(C(O)C(O)CO)cn1. The Bertz CT molecular complexity index is 331. The minimum atomic E-state index is -1.23. The molecule has 0 aliphatic heterocycles. The summed E-state index contributed by atoms with van der Waals surface area (Å²) in [5, 5.41) is 35.6. The lowest BCUT2D eigenvalue weighted by molar-refractivity contribution is -0.0154. The highest BCUT2D eigenvalue weighted by molar-refractivity contribution is 5.24. The zero-order chi connectivity index (χ0) is 10.6. The molecular formula is C9H10N2O3. The Morgan fingerprint density at radius 1 is 1.43 bits per heavy atom. The number of aliphatic hydroxyl groups is 3. The van der Waals surface area contributed by atoms with Crippen molar-refractivity contribution >= 4 is 0 Å². The van der Waals surface area contributed by atoms with E-state index < -0.39 is 18.8 Å². The maximum atomic E-state index is 9.42. The molecular weight excluding hydrogens is 184 g/mol. The number of nitriles is 1. The van der Waals surface area contributed by atoms with Crippen LogP contribution in [0.4, 0.5) is 0 Å². The van der Waals surface area contributed by atoms with Crippen molar-refractivity contribution in [3.05, 3.63) is 29.6 Å². The third-order valence-corrected chi connectivity index (χ3v) is 1.79. The van der Waals surface area contributed by atoms with Gasteiger partial charge in [0.05, 0.1) is 6.61 Å². The highest BCUT2D eigenvalue weighted by Crippen LogP contribution is 2.15. The first-order valence-electron chi connectivity index (χ1n) is 4.02. The molecule has 0 saturated carbocycles. The molecule has 5 heteroatoms. The van der Waals surface area contributed by atoms with Crippen molar-refractivity contribution in [2.24, 2.45) is 0 Å². The number of nitrogens with zero attached hydrogens (tertiary/aromatic N) is 2. The highest BCUT2D eigenvalue weighted by Gasteiger charge is 2.17. The Morgan fingerprint density at radius 2 is 2.14 bits per heavy atom. The first-order chi connectivity index (χ1) is 6.69. The minimum absolute atomic E-state index is 0.236. The van der Waals surface area contributed by atoms with Crippen molar-refractivity contribution in [3.8, 4) is 6.07 Å². The molecule has 2 unspecified atom stereocenters. The van der Waals surface area contributed by atoms with E-state index in [9.17, 15) is 5.11 Å². The van der Waals surface area contributed by atoms with E-state index in [2.05, 4.69) is 4.98 Å². The maximum Gasteiger partial charge on any atom is 0.140 e.